The van der Waals surface area contributed by atoms with Gasteiger partial charge in [-0.25, -0.2) is 23.1 Å². The van der Waals surface area contributed by atoms with Crippen molar-refractivity contribution in [3.63, 3.8) is 0 Å². The SMILES string of the molecule is CC[C@@H]([C@H](C)O)N1N=CN(c2ccc(N3CCN(c4ccc(OC[C@@H]5CO[C@@](Cn6c[n+](C(C)OC(=O)OCCOCCOP(=O)(O)O)cn6)(c6ccc(F)cc6F)C5)cc4)CC3)cc2)C1O. The lowest BCUT2D eigenvalue weighted by Crippen LogP contribution is -2.48. The Hall–Kier alpha value is -5.45. The molecule has 3 aromatic carbocycles. The molecule has 4 aromatic rings. The van der Waals surface area contributed by atoms with Crippen LogP contribution in [0, 0.1) is 17.6 Å². The quantitative estimate of drug-likeness (QED) is 0.0400. The van der Waals surface area contributed by atoms with E-state index in [0.29, 0.717) is 18.6 Å². The van der Waals surface area contributed by atoms with Crippen LogP contribution in [0.5, 0.6) is 5.75 Å². The Morgan fingerprint density at radius 3 is 2.25 bits per heavy atom. The zero-order valence-electron chi connectivity index (χ0n) is 37.5. The highest BCUT2D eigenvalue weighted by atomic mass is 31.2. The first-order chi connectivity index (χ1) is 32.1. The fraction of sp³-hybridized carbons (Fsp3) is 0.500. The Morgan fingerprint density at radius 1 is 0.955 bits per heavy atom. The number of piperazine rings is 1. The fourth-order valence-electron chi connectivity index (χ4n) is 8.41. The smallest absolute Gasteiger partial charge is 0.493 e. The Bertz CT molecular complexity index is 2320. The standard InChI is InChI=1S/C44H57F2N8O12P/c1-4-41(31(2)55)54-42(56)53(29-48-54)37-8-6-35(7-9-37)49-15-17-50(18-16-49)36-10-12-38(13-11-36)63-25-33-24-44(64-26-33,39-14-5-34(45)23-40(39)46)27-52-30-51(28-47-52)32(3)66-43(57)62-21-19-61-20-22-65-67(58,59)60/h5-14,23,28-33,41-42,55-56H,4,15-22,24-27H2,1-3H3,(H-,58,59,60)/p+1/t31-,32?,33+,41-,42?,44-/m0/s1. The fourth-order valence-corrected chi connectivity index (χ4v) is 8.72. The summed E-state index contributed by atoms with van der Waals surface area (Å²) < 4.78 is 75.5. The van der Waals surface area contributed by atoms with Crippen molar-refractivity contribution >= 4 is 37.4 Å². The lowest BCUT2D eigenvalue weighted by atomic mass is 9.87. The maximum atomic E-state index is 15.4. The van der Waals surface area contributed by atoms with Gasteiger partial charge < -0.3 is 53.5 Å². The summed E-state index contributed by atoms with van der Waals surface area (Å²) in [5, 5.41) is 31.3. The van der Waals surface area contributed by atoms with Crippen molar-refractivity contribution in [2.24, 2.45) is 11.0 Å². The largest absolute Gasteiger partial charge is 0.511 e. The third kappa shape index (κ3) is 12.8. The maximum Gasteiger partial charge on any atom is 0.511 e. The Morgan fingerprint density at radius 2 is 1.61 bits per heavy atom. The minimum atomic E-state index is -4.60. The second-order valence-corrected chi connectivity index (χ2v) is 17.8. The number of nitrogens with zero attached hydrogens (tertiary/aromatic N) is 8. The van der Waals surface area contributed by atoms with Gasteiger partial charge in [-0.3, -0.25) is 9.42 Å². The molecule has 2 unspecified atom stereocenters. The van der Waals surface area contributed by atoms with Gasteiger partial charge in [-0.2, -0.15) is 9.67 Å². The highest BCUT2D eigenvalue weighted by molar-refractivity contribution is 7.46. The minimum Gasteiger partial charge on any atom is -0.493 e. The van der Waals surface area contributed by atoms with Gasteiger partial charge in [-0.1, -0.05) is 13.0 Å². The minimum absolute atomic E-state index is 0.0501. The lowest BCUT2D eigenvalue weighted by Gasteiger charge is -2.37. The zero-order chi connectivity index (χ0) is 47.7. The molecule has 0 bridgehead atoms. The first-order valence-electron chi connectivity index (χ1n) is 22.0. The van der Waals surface area contributed by atoms with Gasteiger partial charge in [0.25, 0.3) is 6.33 Å². The topological polar surface area (TPSA) is 217 Å². The number of phosphoric ester groups is 1. The predicted octanol–water partition coefficient (Wildman–Crippen LogP) is 4.08. The molecule has 7 rings (SSSR count). The number of hydrogen-bond donors (Lipinski definition) is 4. The molecule has 0 amide bonds. The van der Waals surface area contributed by atoms with E-state index in [2.05, 4.69) is 24.5 Å². The summed E-state index contributed by atoms with van der Waals surface area (Å²) in [6.45, 7) is 8.34. The van der Waals surface area contributed by atoms with Gasteiger partial charge in [-0.05, 0) is 74.4 Å². The van der Waals surface area contributed by atoms with Gasteiger partial charge in [0.2, 0.25) is 18.9 Å². The molecule has 3 aliphatic heterocycles. The van der Waals surface area contributed by atoms with Crippen LogP contribution in [-0.4, -0.2) is 132 Å². The van der Waals surface area contributed by atoms with Gasteiger partial charge in [0, 0.05) is 72.8 Å². The first-order valence-corrected chi connectivity index (χ1v) is 23.6. The zero-order valence-corrected chi connectivity index (χ0v) is 38.4. The molecular formula is C44H58F2N8O12P+. The number of carbonyl (C=O) groups is 1. The van der Waals surface area contributed by atoms with E-state index in [1.54, 1.807) is 31.4 Å². The summed E-state index contributed by atoms with van der Waals surface area (Å²) in [6, 6.07) is 19.0. The number of rotatable bonds is 21. The van der Waals surface area contributed by atoms with E-state index in [1.807, 2.05) is 55.5 Å². The highest BCUT2D eigenvalue weighted by Crippen LogP contribution is 2.42. The molecule has 3 aliphatic rings. The normalized spacial score (nSPS) is 21.1. The van der Waals surface area contributed by atoms with E-state index < -0.39 is 49.9 Å². The van der Waals surface area contributed by atoms with Gasteiger partial charge in [-0.15, -0.1) is 4.68 Å². The van der Waals surface area contributed by atoms with Crippen molar-refractivity contribution in [2.75, 3.05) is 80.5 Å². The third-order valence-corrected chi connectivity index (χ3v) is 12.4. The van der Waals surface area contributed by atoms with Crippen LogP contribution in [0.25, 0.3) is 0 Å². The number of phosphoric acid groups is 1. The van der Waals surface area contributed by atoms with Crippen molar-refractivity contribution in [1.82, 2.24) is 14.8 Å². The molecule has 0 aliphatic carbocycles. The van der Waals surface area contributed by atoms with Crippen LogP contribution in [0.15, 0.2) is 84.5 Å². The molecule has 1 aromatic heterocycles. The van der Waals surface area contributed by atoms with Crippen molar-refractivity contribution in [1.29, 1.82) is 0 Å². The number of anilines is 3. The summed E-state index contributed by atoms with van der Waals surface area (Å²) >= 11 is 0. The number of hydrogen-bond acceptors (Lipinski definition) is 16. The lowest BCUT2D eigenvalue weighted by molar-refractivity contribution is -0.754. The average molecular weight is 960 g/mol. The molecule has 2 fully saturated rings. The maximum absolute atomic E-state index is 15.4. The van der Waals surface area contributed by atoms with Crippen molar-refractivity contribution in [2.45, 2.75) is 70.5 Å². The number of aliphatic hydroxyl groups is 2. The summed E-state index contributed by atoms with van der Waals surface area (Å²) in [5.41, 5.74) is 1.89. The average Bonchev–Trinajstić information content (AvgIpc) is 4.05. The van der Waals surface area contributed by atoms with E-state index in [0.717, 1.165) is 49.3 Å². The van der Waals surface area contributed by atoms with Gasteiger partial charge in [0.15, 0.2) is 0 Å². The first kappa shape index (κ1) is 49.5. The molecule has 0 radical (unpaired) electrons. The third-order valence-electron chi connectivity index (χ3n) is 11.9. The molecular weight excluding hydrogens is 901 g/mol. The van der Waals surface area contributed by atoms with Crippen LogP contribution in [-0.2, 0) is 40.2 Å². The number of benzene rings is 3. The molecule has 364 valence electrons. The summed E-state index contributed by atoms with van der Waals surface area (Å²) in [6.07, 6.45) is 2.05. The van der Waals surface area contributed by atoms with Crippen LogP contribution < -0.4 is 24.0 Å². The summed E-state index contributed by atoms with van der Waals surface area (Å²) in [5.74, 6) is -0.959. The Kier molecular flexibility index (Phi) is 16.3. The van der Waals surface area contributed by atoms with Crippen LogP contribution in [0.1, 0.15) is 45.4 Å². The van der Waals surface area contributed by atoms with Crippen molar-refractivity contribution in [3.8, 4) is 5.75 Å². The van der Waals surface area contributed by atoms with E-state index in [9.17, 15) is 24.0 Å². The highest BCUT2D eigenvalue weighted by Gasteiger charge is 2.46. The van der Waals surface area contributed by atoms with Gasteiger partial charge in [0.1, 0.15) is 42.5 Å². The number of aliphatic hydroxyl groups excluding tert-OH is 2. The molecule has 0 spiro atoms. The summed E-state index contributed by atoms with van der Waals surface area (Å²) in [4.78, 5) is 36.0. The second-order valence-electron chi connectivity index (χ2n) is 16.5. The molecule has 0 saturated carbocycles. The molecule has 4 N–H and O–H groups in total. The molecule has 2 saturated heterocycles. The van der Waals surface area contributed by atoms with E-state index in [1.165, 1.54) is 32.7 Å². The molecule has 23 heteroatoms. The summed E-state index contributed by atoms with van der Waals surface area (Å²) in [7, 11) is -4.60. The number of halogens is 2. The Balaban J connectivity index is 0.881. The molecule has 20 nitrogen and oxygen atoms in total. The van der Waals surface area contributed by atoms with E-state index >= 15 is 4.39 Å². The van der Waals surface area contributed by atoms with Crippen LogP contribution in [0.2, 0.25) is 0 Å². The van der Waals surface area contributed by atoms with Crippen LogP contribution in [0.4, 0.5) is 30.6 Å². The van der Waals surface area contributed by atoms with Crippen molar-refractivity contribution in [3.05, 3.63) is 96.6 Å². The second kappa shape index (κ2) is 22.1. The number of hydrazone groups is 1. The molecule has 67 heavy (non-hydrogen) atoms. The molecule has 4 heterocycles. The van der Waals surface area contributed by atoms with Crippen molar-refractivity contribution < 1.29 is 70.9 Å². The van der Waals surface area contributed by atoms with Crippen LogP contribution in [0.3, 0.4) is 0 Å². The van der Waals surface area contributed by atoms with E-state index in [-0.39, 0.29) is 63.7 Å². The van der Waals surface area contributed by atoms with Crippen LogP contribution >= 0.6 is 7.82 Å². The number of aromatic nitrogens is 3. The van der Waals surface area contributed by atoms with E-state index in [4.69, 9.17) is 33.5 Å². The van der Waals surface area contributed by atoms with Gasteiger partial charge >= 0.3 is 14.0 Å². The van der Waals surface area contributed by atoms with Gasteiger partial charge in [0.05, 0.1) is 45.2 Å². The Labute approximate surface area is 386 Å². The number of ether oxygens (including phenoxy) is 5. The predicted molar refractivity (Wildman–Crippen MR) is 238 cm³/mol. The molecule has 6 atom stereocenters. The number of carbonyl (C=O) groups excluding carboxylic acids is 1. The monoisotopic (exact) mass is 959 g/mol.